The second-order valence-electron chi connectivity index (χ2n) is 4.52. The molecular formula is C12H20N4O2. The highest BCUT2D eigenvalue weighted by atomic mass is 16.5. The summed E-state index contributed by atoms with van der Waals surface area (Å²) in [5, 5.41) is 13.1. The van der Waals surface area contributed by atoms with Crippen molar-refractivity contribution in [3.63, 3.8) is 0 Å². The third-order valence-electron chi connectivity index (χ3n) is 3.17. The van der Waals surface area contributed by atoms with Gasteiger partial charge >= 0.3 is 0 Å². The number of aryl methyl sites for hydroxylation is 2. The van der Waals surface area contributed by atoms with Gasteiger partial charge in [0.2, 0.25) is 5.91 Å². The van der Waals surface area contributed by atoms with Crippen molar-refractivity contribution in [1.82, 2.24) is 20.8 Å². The molecule has 2 rings (SSSR count). The molecule has 0 radical (unpaired) electrons. The molecule has 6 heteroatoms. The summed E-state index contributed by atoms with van der Waals surface area (Å²) < 4.78 is 5.38. The minimum absolute atomic E-state index is 0.0407. The van der Waals surface area contributed by atoms with E-state index in [4.69, 9.17) is 4.74 Å². The molecule has 1 fully saturated rings. The Morgan fingerprint density at radius 1 is 1.56 bits per heavy atom. The molecule has 1 aliphatic heterocycles. The molecule has 100 valence electrons. The van der Waals surface area contributed by atoms with Gasteiger partial charge in [-0.15, -0.1) is 0 Å². The van der Waals surface area contributed by atoms with Crippen LogP contribution in [0.5, 0.6) is 0 Å². The lowest BCUT2D eigenvalue weighted by molar-refractivity contribution is -0.134. The van der Waals surface area contributed by atoms with Crippen LogP contribution in [0.25, 0.3) is 0 Å². The third kappa shape index (κ3) is 3.08. The topological polar surface area (TPSA) is 79.0 Å². The van der Waals surface area contributed by atoms with E-state index >= 15 is 0 Å². The number of aromatic amines is 1. The van der Waals surface area contributed by atoms with E-state index in [0.717, 1.165) is 24.4 Å². The van der Waals surface area contributed by atoms with Crippen molar-refractivity contribution >= 4 is 5.91 Å². The predicted molar refractivity (Wildman–Crippen MR) is 67.4 cm³/mol. The molecule has 3 N–H and O–H groups in total. The van der Waals surface area contributed by atoms with Gasteiger partial charge in [0.25, 0.3) is 0 Å². The number of hydrogen-bond acceptors (Lipinski definition) is 4. The van der Waals surface area contributed by atoms with E-state index in [0.29, 0.717) is 19.7 Å². The normalized spacial score (nSPS) is 19.8. The summed E-state index contributed by atoms with van der Waals surface area (Å²) in [6, 6.07) is 0. The standard InChI is InChI=1S/C12H20N4O2/c1-8-10(9(2)16-15-8)3-4-14-12(17)11-7-13-5-6-18-11/h11,13H,3-7H2,1-2H3,(H,14,17)(H,15,16). The Balaban J connectivity index is 1.76. The Morgan fingerprint density at radius 2 is 2.39 bits per heavy atom. The summed E-state index contributed by atoms with van der Waals surface area (Å²) in [6.07, 6.45) is 0.436. The van der Waals surface area contributed by atoms with E-state index < -0.39 is 0 Å². The largest absolute Gasteiger partial charge is 0.366 e. The monoisotopic (exact) mass is 252 g/mol. The molecule has 0 spiro atoms. The van der Waals surface area contributed by atoms with E-state index in [1.54, 1.807) is 0 Å². The summed E-state index contributed by atoms with van der Waals surface area (Å²) in [4.78, 5) is 11.8. The molecule has 1 aromatic rings. The summed E-state index contributed by atoms with van der Waals surface area (Å²) in [5.41, 5.74) is 3.24. The predicted octanol–water partition coefficient (Wildman–Crippen LogP) is -0.326. The summed E-state index contributed by atoms with van der Waals surface area (Å²) in [6.45, 7) is 6.57. The molecule has 6 nitrogen and oxygen atoms in total. The molecule has 2 heterocycles. The highest BCUT2D eigenvalue weighted by molar-refractivity contribution is 5.81. The first kappa shape index (κ1) is 13.0. The third-order valence-corrected chi connectivity index (χ3v) is 3.17. The van der Waals surface area contributed by atoms with E-state index in [2.05, 4.69) is 20.8 Å². The van der Waals surface area contributed by atoms with Gasteiger partial charge in [0.1, 0.15) is 6.10 Å². The smallest absolute Gasteiger partial charge is 0.250 e. The molecule has 0 aromatic carbocycles. The van der Waals surface area contributed by atoms with Gasteiger partial charge in [-0.25, -0.2) is 0 Å². The summed E-state index contributed by atoms with van der Waals surface area (Å²) >= 11 is 0. The van der Waals surface area contributed by atoms with Crippen molar-refractivity contribution in [2.75, 3.05) is 26.2 Å². The van der Waals surface area contributed by atoms with Crippen LogP contribution in [0.15, 0.2) is 0 Å². The zero-order chi connectivity index (χ0) is 13.0. The molecule has 1 aliphatic rings. The average molecular weight is 252 g/mol. The maximum Gasteiger partial charge on any atom is 0.250 e. The number of H-pyrrole nitrogens is 1. The number of nitrogens with zero attached hydrogens (tertiary/aromatic N) is 1. The SMILES string of the molecule is Cc1n[nH]c(C)c1CCNC(=O)C1CNCCO1. The number of hydrogen-bond donors (Lipinski definition) is 3. The molecule has 1 unspecified atom stereocenters. The van der Waals surface area contributed by atoms with E-state index in [1.165, 1.54) is 5.56 Å². The van der Waals surface area contributed by atoms with E-state index in [9.17, 15) is 4.79 Å². The maximum atomic E-state index is 11.8. The number of aromatic nitrogens is 2. The molecule has 1 atom stereocenters. The van der Waals surface area contributed by atoms with Gasteiger partial charge in [0.05, 0.1) is 12.3 Å². The fourth-order valence-electron chi connectivity index (χ4n) is 2.10. The molecule has 1 amide bonds. The molecular weight excluding hydrogens is 232 g/mol. The van der Waals surface area contributed by atoms with Gasteiger partial charge in [0, 0.05) is 25.3 Å². The highest BCUT2D eigenvalue weighted by Crippen LogP contribution is 2.09. The lowest BCUT2D eigenvalue weighted by atomic mass is 10.1. The maximum absolute atomic E-state index is 11.8. The Bertz CT molecular complexity index is 391. The highest BCUT2D eigenvalue weighted by Gasteiger charge is 2.21. The number of amides is 1. The molecule has 1 aromatic heterocycles. The van der Waals surface area contributed by atoms with Crippen molar-refractivity contribution in [2.45, 2.75) is 26.4 Å². The van der Waals surface area contributed by atoms with Crippen molar-refractivity contribution in [3.8, 4) is 0 Å². The Labute approximate surface area is 106 Å². The number of rotatable bonds is 4. The van der Waals surface area contributed by atoms with Crippen LogP contribution in [0.4, 0.5) is 0 Å². The van der Waals surface area contributed by atoms with Crippen molar-refractivity contribution < 1.29 is 9.53 Å². The van der Waals surface area contributed by atoms with Crippen LogP contribution in [-0.4, -0.2) is 48.4 Å². The number of nitrogens with one attached hydrogen (secondary N) is 3. The van der Waals surface area contributed by atoms with Crippen molar-refractivity contribution in [2.24, 2.45) is 0 Å². The fraction of sp³-hybridized carbons (Fsp3) is 0.667. The zero-order valence-corrected chi connectivity index (χ0v) is 10.9. The summed E-state index contributed by atoms with van der Waals surface area (Å²) in [7, 11) is 0. The van der Waals surface area contributed by atoms with Crippen LogP contribution >= 0.6 is 0 Å². The van der Waals surface area contributed by atoms with Crippen LogP contribution in [0.1, 0.15) is 17.0 Å². The number of carbonyl (C=O) groups is 1. The number of ether oxygens (including phenoxy) is 1. The van der Waals surface area contributed by atoms with Gasteiger partial charge in [-0.3, -0.25) is 9.89 Å². The second-order valence-corrected chi connectivity index (χ2v) is 4.52. The number of morpholine rings is 1. The van der Waals surface area contributed by atoms with Gasteiger partial charge < -0.3 is 15.4 Å². The Morgan fingerprint density at radius 3 is 3.00 bits per heavy atom. The first-order valence-corrected chi connectivity index (χ1v) is 6.29. The molecule has 18 heavy (non-hydrogen) atoms. The van der Waals surface area contributed by atoms with Gasteiger partial charge in [0.15, 0.2) is 0 Å². The lowest BCUT2D eigenvalue weighted by Crippen LogP contribution is -2.48. The molecule has 0 aliphatic carbocycles. The zero-order valence-electron chi connectivity index (χ0n) is 10.9. The van der Waals surface area contributed by atoms with Gasteiger partial charge in [-0.05, 0) is 25.8 Å². The van der Waals surface area contributed by atoms with Crippen LogP contribution in [0.3, 0.4) is 0 Å². The first-order chi connectivity index (χ1) is 8.68. The van der Waals surface area contributed by atoms with Crippen molar-refractivity contribution in [3.05, 3.63) is 17.0 Å². The van der Waals surface area contributed by atoms with Crippen LogP contribution in [0, 0.1) is 13.8 Å². The minimum Gasteiger partial charge on any atom is -0.366 e. The van der Waals surface area contributed by atoms with Crippen molar-refractivity contribution in [1.29, 1.82) is 0 Å². The fourth-order valence-corrected chi connectivity index (χ4v) is 2.10. The summed E-state index contributed by atoms with van der Waals surface area (Å²) in [5.74, 6) is -0.0407. The minimum atomic E-state index is -0.356. The molecule has 1 saturated heterocycles. The van der Waals surface area contributed by atoms with Crippen LogP contribution in [0.2, 0.25) is 0 Å². The van der Waals surface area contributed by atoms with E-state index in [-0.39, 0.29) is 12.0 Å². The number of carbonyl (C=O) groups excluding carboxylic acids is 1. The lowest BCUT2D eigenvalue weighted by Gasteiger charge is -2.22. The Kier molecular flexibility index (Phi) is 4.33. The first-order valence-electron chi connectivity index (χ1n) is 6.29. The quantitative estimate of drug-likeness (QED) is 0.686. The second kappa shape index (κ2) is 5.97. The van der Waals surface area contributed by atoms with Gasteiger partial charge in [-0.1, -0.05) is 0 Å². The van der Waals surface area contributed by atoms with E-state index in [1.807, 2.05) is 13.8 Å². The molecule has 0 bridgehead atoms. The molecule has 0 saturated carbocycles. The van der Waals surface area contributed by atoms with Crippen LogP contribution in [-0.2, 0) is 16.0 Å². The average Bonchev–Trinajstić information content (AvgIpc) is 2.71. The Hall–Kier alpha value is -1.40. The van der Waals surface area contributed by atoms with Crippen LogP contribution < -0.4 is 10.6 Å². The van der Waals surface area contributed by atoms with Gasteiger partial charge in [-0.2, -0.15) is 5.10 Å².